The van der Waals surface area contributed by atoms with Crippen LogP contribution in [0.4, 0.5) is 0 Å². The molecule has 0 aliphatic rings. The fourth-order valence-corrected chi connectivity index (χ4v) is 4.32. The maximum atomic E-state index is 12.7. The molecule has 0 saturated carbocycles. The van der Waals surface area contributed by atoms with Gasteiger partial charge in [0.15, 0.2) is 11.0 Å². The van der Waals surface area contributed by atoms with Crippen molar-refractivity contribution in [3.8, 4) is 0 Å². The molecule has 1 aromatic carbocycles. The van der Waals surface area contributed by atoms with Gasteiger partial charge in [-0.25, -0.2) is 4.21 Å². The minimum Gasteiger partial charge on any atom is -0.385 e. The third-order valence-electron chi connectivity index (χ3n) is 5.26. The summed E-state index contributed by atoms with van der Waals surface area (Å²) in [6.45, 7) is 32.7. The molecule has 0 saturated heterocycles. The predicted molar refractivity (Wildman–Crippen MR) is 187 cm³/mol. The lowest BCUT2D eigenvalue weighted by Gasteiger charge is -2.16. The van der Waals surface area contributed by atoms with Crippen molar-refractivity contribution in [2.24, 2.45) is 0 Å². The minimum atomic E-state index is -1.31. The summed E-state index contributed by atoms with van der Waals surface area (Å²) >= 11 is 0. The zero-order valence-electron chi connectivity index (χ0n) is 28.3. The first-order valence-corrected chi connectivity index (χ1v) is 16.3. The van der Waals surface area contributed by atoms with E-state index in [4.69, 9.17) is 4.74 Å². The molecule has 4 nitrogen and oxygen atoms in total. The summed E-state index contributed by atoms with van der Waals surface area (Å²) in [7, 11) is 0.387. The number of methoxy groups -OCH3 is 1. The van der Waals surface area contributed by atoms with Crippen LogP contribution in [0, 0.1) is 0 Å². The van der Waals surface area contributed by atoms with E-state index in [0.29, 0.717) is 12.4 Å². The van der Waals surface area contributed by atoms with E-state index < -0.39 is 11.0 Å². The van der Waals surface area contributed by atoms with Gasteiger partial charge in [0.25, 0.3) is 0 Å². The minimum absolute atomic E-state index is 0.250. The molecule has 0 aromatic heterocycles. The van der Waals surface area contributed by atoms with E-state index in [9.17, 15) is 4.21 Å². The van der Waals surface area contributed by atoms with Gasteiger partial charge in [-0.3, -0.25) is 4.72 Å². The van der Waals surface area contributed by atoms with Gasteiger partial charge in [-0.2, -0.15) is 0 Å². The standard InChI is InChI=1S/C18H30N2O2S.C14H20.2C2H6/c1-6-8-16-10-11-17(9-7-12-22-5)18(13-16)23(21)20-15(4)19-14(2)3;1-6-7-8-9-10-13(4)11-14(5)12(2)3;2*1-2/h10-11,13-14,19-20H,4,6-9,12H2,1-3,5H3;6-7,9-11H,2,4,8H2,1,3,5H3;2*1-2H3/b;7-6-,10-9-,14-11+;;. The summed E-state index contributed by atoms with van der Waals surface area (Å²) in [6, 6.07) is 6.53. The second kappa shape index (κ2) is 28.9. The molecule has 5 heteroatoms. The number of aryl methyl sites for hydroxylation is 2. The first kappa shape index (κ1) is 42.8. The van der Waals surface area contributed by atoms with Crippen LogP contribution in [0.1, 0.15) is 99.6 Å². The van der Waals surface area contributed by atoms with Gasteiger partial charge < -0.3 is 10.1 Å². The van der Waals surface area contributed by atoms with Crippen LogP contribution in [-0.4, -0.2) is 24.0 Å². The van der Waals surface area contributed by atoms with E-state index in [1.165, 1.54) is 11.1 Å². The van der Waals surface area contributed by atoms with Gasteiger partial charge in [0.2, 0.25) is 0 Å². The van der Waals surface area contributed by atoms with Crippen molar-refractivity contribution in [2.45, 2.75) is 112 Å². The van der Waals surface area contributed by atoms with Crippen LogP contribution in [0.25, 0.3) is 0 Å². The number of hydrogen-bond acceptors (Lipinski definition) is 3. The summed E-state index contributed by atoms with van der Waals surface area (Å²) in [5, 5.41) is 3.14. The molecule has 41 heavy (non-hydrogen) atoms. The van der Waals surface area contributed by atoms with Crippen LogP contribution < -0.4 is 10.0 Å². The van der Waals surface area contributed by atoms with Gasteiger partial charge in [0, 0.05) is 19.8 Å². The highest BCUT2D eigenvalue weighted by molar-refractivity contribution is 7.83. The average molecular weight is 587 g/mol. The first-order chi connectivity index (χ1) is 19.5. The highest BCUT2D eigenvalue weighted by Gasteiger charge is 2.12. The summed E-state index contributed by atoms with van der Waals surface area (Å²) in [5.41, 5.74) is 5.62. The number of allylic oxidation sites excluding steroid dienone is 8. The van der Waals surface area contributed by atoms with Crippen LogP contribution in [0.5, 0.6) is 0 Å². The van der Waals surface area contributed by atoms with Gasteiger partial charge in [-0.1, -0.05) is 109 Å². The van der Waals surface area contributed by atoms with E-state index in [1.54, 1.807) is 7.11 Å². The molecule has 0 fully saturated rings. The first-order valence-electron chi connectivity index (χ1n) is 15.1. The van der Waals surface area contributed by atoms with E-state index in [-0.39, 0.29) is 6.04 Å². The number of ether oxygens (including phenoxy) is 1. The molecule has 0 heterocycles. The Morgan fingerprint density at radius 3 is 2.20 bits per heavy atom. The Hall–Kier alpha value is -2.63. The third-order valence-corrected chi connectivity index (χ3v) is 6.47. The lowest BCUT2D eigenvalue weighted by molar-refractivity contribution is 0.195. The normalized spacial score (nSPS) is 11.5. The molecule has 2 N–H and O–H groups in total. The van der Waals surface area contributed by atoms with Crippen molar-refractivity contribution in [1.82, 2.24) is 10.0 Å². The molecule has 234 valence electrons. The largest absolute Gasteiger partial charge is 0.385 e. The van der Waals surface area contributed by atoms with E-state index in [0.717, 1.165) is 53.7 Å². The van der Waals surface area contributed by atoms with Crippen molar-refractivity contribution in [3.05, 3.63) is 102 Å². The lowest BCUT2D eigenvalue weighted by atomic mass is 10.0. The van der Waals surface area contributed by atoms with Gasteiger partial charge in [0.1, 0.15) is 5.82 Å². The summed E-state index contributed by atoms with van der Waals surface area (Å²) in [6.07, 6.45) is 15.1. The van der Waals surface area contributed by atoms with Crippen molar-refractivity contribution in [2.75, 3.05) is 13.7 Å². The zero-order valence-corrected chi connectivity index (χ0v) is 29.1. The topological polar surface area (TPSA) is 50.4 Å². The van der Waals surface area contributed by atoms with Gasteiger partial charge >= 0.3 is 0 Å². The zero-order chi connectivity index (χ0) is 32.2. The quantitative estimate of drug-likeness (QED) is 0.115. The van der Waals surface area contributed by atoms with Crippen LogP contribution in [0.2, 0.25) is 0 Å². The Labute approximate surface area is 257 Å². The number of benzene rings is 1. The number of hydrogen-bond donors (Lipinski definition) is 2. The van der Waals surface area contributed by atoms with Gasteiger partial charge in [-0.15, -0.1) is 0 Å². The van der Waals surface area contributed by atoms with Crippen molar-refractivity contribution in [1.29, 1.82) is 0 Å². The fourth-order valence-electron chi connectivity index (χ4n) is 3.26. The molecule has 0 aliphatic heterocycles. The maximum Gasteiger partial charge on any atom is 0.151 e. The number of nitrogens with one attached hydrogen (secondary N) is 2. The van der Waals surface area contributed by atoms with E-state index >= 15 is 0 Å². The molecule has 0 amide bonds. The van der Waals surface area contributed by atoms with Crippen LogP contribution in [-0.2, 0) is 28.6 Å². The van der Waals surface area contributed by atoms with Crippen LogP contribution in [0.15, 0.2) is 95.8 Å². The van der Waals surface area contributed by atoms with Gasteiger partial charge in [-0.05, 0) is 88.6 Å². The maximum absolute atomic E-state index is 12.7. The van der Waals surface area contributed by atoms with Gasteiger partial charge in [0.05, 0.1) is 4.90 Å². The van der Waals surface area contributed by atoms with E-state index in [1.807, 2.05) is 74.5 Å². The van der Waals surface area contributed by atoms with Crippen molar-refractivity contribution >= 4 is 11.0 Å². The Morgan fingerprint density at radius 1 is 1.05 bits per heavy atom. The van der Waals surface area contributed by atoms with Crippen molar-refractivity contribution < 1.29 is 8.95 Å². The monoisotopic (exact) mass is 586 g/mol. The highest BCUT2D eigenvalue weighted by Crippen LogP contribution is 2.19. The fraction of sp³-hybridized carbons (Fsp3) is 0.500. The summed E-state index contributed by atoms with van der Waals surface area (Å²) < 4.78 is 20.8. The molecule has 1 rings (SSSR count). The molecular formula is C36H62N2O2S. The second-order valence-corrected chi connectivity index (χ2v) is 10.5. The summed E-state index contributed by atoms with van der Waals surface area (Å²) in [5.74, 6) is 0.585. The molecule has 0 bridgehead atoms. The SMILES string of the molecule is C=C(/C=C\C/C=C\C)/C=C(\C)C(=C)C.C=C(NC(C)C)NS(=O)c1cc(CCC)ccc1CCCOC.CC.CC. The Kier molecular flexibility index (Phi) is 30.2. The van der Waals surface area contributed by atoms with Crippen molar-refractivity contribution in [3.63, 3.8) is 0 Å². The second-order valence-electron chi connectivity index (χ2n) is 9.33. The Morgan fingerprint density at radius 2 is 1.68 bits per heavy atom. The summed E-state index contributed by atoms with van der Waals surface area (Å²) in [4.78, 5) is 0.846. The van der Waals surface area contributed by atoms with E-state index in [2.05, 4.69) is 73.1 Å². The van der Waals surface area contributed by atoms with Crippen LogP contribution >= 0.6 is 0 Å². The molecule has 0 spiro atoms. The molecule has 1 unspecified atom stereocenters. The number of rotatable bonds is 16. The third kappa shape index (κ3) is 23.7. The lowest BCUT2D eigenvalue weighted by Crippen LogP contribution is -2.31. The molecular weight excluding hydrogens is 524 g/mol. The molecule has 1 atom stereocenters. The molecule has 0 radical (unpaired) electrons. The average Bonchev–Trinajstić information content (AvgIpc) is 2.94. The molecule has 1 aromatic rings. The Balaban J connectivity index is -0.000000688. The molecule has 0 aliphatic carbocycles. The smallest absolute Gasteiger partial charge is 0.151 e. The predicted octanol–water partition coefficient (Wildman–Crippen LogP) is 9.94. The van der Waals surface area contributed by atoms with Crippen LogP contribution in [0.3, 0.4) is 0 Å². The highest BCUT2D eigenvalue weighted by atomic mass is 32.2. The Bertz CT molecular complexity index is 972.